The van der Waals surface area contributed by atoms with Crippen LogP contribution in [0.5, 0.6) is 0 Å². The van der Waals surface area contributed by atoms with Crippen molar-refractivity contribution in [3.8, 4) is 11.1 Å². The Balaban J connectivity index is 1.54. The molecule has 318 valence electrons. The van der Waals surface area contributed by atoms with Gasteiger partial charge in [0, 0.05) is 36.1 Å². The first-order chi connectivity index (χ1) is 27.9. The van der Waals surface area contributed by atoms with E-state index in [0.29, 0.717) is 17.8 Å². The molecular weight excluding hydrogens is 879 g/mol. The molecule has 59 heavy (non-hydrogen) atoms. The summed E-state index contributed by atoms with van der Waals surface area (Å²) >= 11 is -0.222. The summed E-state index contributed by atoms with van der Waals surface area (Å²) in [6.45, 7) is 9.45. The molecule has 1 aliphatic heterocycles. The van der Waals surface area contributed by atoms with Gasteiger partial charge in [-0.3, -0.25) is 14.4 Å². The maximum atomic E-state index is 15.1. The van der Waals surface area contributed by atoms with E-state index in [0.717, 1.165) is 29.3 Å². The largest absolute Gasteiger partial charge is 0.480 e. The standard InChI is InChI=1S/C43H52F2IN5O8/c1-26(2)37(49-42(58)59-25-29-10-8-7-9-11-29)40(55)47-27(3)39(54)48-34(41(56)57)16-19-51(36(53)24-52)38(43(4,5)6)35-20-30(32-21-31(44)12-13-33(32)45)23-50(35)22-28-14-17-46-18-15-28/h7-15,17-18,20-21,23,26-27,34,37-38,52H,16,19,22,24-25H2,1-6H3,(H,47,55)(H,48,54)(H,49,58)(H,56,57)/t27-,34-,37-,38-/m0/s1. The van der Waals surface area contributed by atoms with Gasteiger partial charge in [0.25, 0.3) is 0 Å². The summed E-state index contributed by atoms with van der Waals surface area (Å²) in [6, 6.07) is 9.06. The van der Waals surface area contributed by atoms with Crippen LogP contribution in [0, 0.1) is 23.0 Å². The fourth-order valence-corrected chi connectivity index (χ4v) is 8.15. The molecule has 4 rings (SSSR count). The second-order valence-corrected chi connectivity index (χ2v) is 17.7. The summed E-state index contributed by atoms with van der Waals surface area (Å²) < 4.78 is 40.8. The van der Waals surface area contributed by atoms with Crippen molar-refractivity contribution in [1.82, 2.24) is 25.4 Å². The molecule has 0 saturated carbocycles. The molecule has 4 amide bonds. The number of aliphatic hydroxyl groups is 1. The molecule has 0 unspecified atom stereocenters. The van der Waals surface area contributed by atoms with Crippen molar-refractivity contribution in [2.75, 3.05) is 13.2 Å². The summed E-state index contributed by atoms with van der Waals surface area (Å²) in [5.41, 5.74) is 1.80. The summed E-state index contributed by atoms with van der Waals surface area (Å²) in [5, 5.41) is 27.9. The van der Waals surface area contributed by atoms with E-state index in [1.165, 1.54) is 11.8 Å². The summed E-state index contributed by atoms with van der Waals surface area (Å²) in [6.07, 6.45) is 4.52. The number of benzene rings is 2. The molecule has 13 nitrogen and oxygen atoms in total. The van der Waals surface area contributed by atoms with Gasteiger partial charge in [-0.1, -0.05) is 97.8 Å². The average molecular weight is 932 g/mol. The van der Waals surface area contributed by atoms with Crippen molar-refractivity contribution in [2.45, 2.75) is 85.3 Å². The lowest BCUT2D eigenvalue weighted by Crippen LogP contribution is -2.56. The summed E-state index contributed by atoms with van der Waals surface area (Å²) in [5.74, 6) is -5.37. The number of carboxylic acid groups (broad SMARTS) is 1. The predicted octanol–water partition coefficient (Wildman–Crippen LogP) is 5.98. The molecule has 5 N–H and O–H groups in total. The van der Waals surface area contributed by atoms with Crippen LogP contribution in [-0.4, -0.2) is 84.8 Å². The lowest BCUT2D eigenvalue weighted by Gasteiger charge is -2.41. The Labute approximate surface area is 352 Å². The molecule has 0 bridgehead atoms. The molecule has 2 heterocycles. The van der Waals surface area contributed by atoms with Gasteiger partial charge in [-0.15, -0.1) is 0 Å². The van der Waals surface area contributed by atoms with Crippen LogP contribution < -0.4 is 16.0 Å². The molecule has 1 aromatic heterocycles. The topological polar surface area (TPSA) is 179 Å². The van der Waals surface area contributed by atoms with Gasteiger partial charge in [0.1, 0.15) is 43.0 Å². The van der Waals surface area contributed by atoms with Crippen LogP contribution in [0.25, 0.3) is 11.1 Å². The van der Waals surface area contributed by atoms with Crippen molar-refractivity contribution in [3.05, 3.63) is 105 Å². The van der Waals surface area contributed by atoms with Crippen LogP contribution in [0.3, 0.4) is 0 Å². The van der Waals surface area contributed by atoms with Crippen LogP contribution >= 0.6 is 20.7 Å². The summed E-state index contributed by atoms with van der Waals surface area (Å²) in [4.78, 5) is 66.6. The Hall–Kier alpha value is -5.23. The number of hydrogen-bond acceptors (Lipinski definition) is 7. The van der Waals surface area contributed by atoms with Gasteiger partial charge in [0.15, 0.2) is 0 Å². The Morgan fingerprint density at radius 1 is 0.949 bits per heavy atom. The number of carbonyl (C=O) groups is 5. The minimum Gasteiger partial charge on any atom is -0.480 e. The van der Waals surface area contributed by atoms with E-state index in [-0.39, 0.29) is 45.9 Å². The van der Waals surface area contributed by atoms with E-state index in [4.69, 9.17) is 4.74 Å². The quantitative estimate of drug-likeness (QED) is 0.0967. The monoisotopic (exact) mass is 931 g/mol. The zero-order valence-corrected chi connectivity index (χ0v) is 36.0. The number of halogens is 3. The van der Waals surface area contributed by atoms with Crippen LogP contribution in [0.4, 0.5) is 13.6 Å². The Kier molecular flexibility index (Phi) is 16.7. The van der Waals surface area contributed by atoms with E-state index in [1.807, 2.05) is 43.6 Å². The first-order valence-electron chi connectivity index (χ1n) is 19.1. The second kappa shape index (κ2) is 21.2. The van der Waals surface area contributed by atoms with E-state index >= 15 is 4.39 Å². The fourth-order valence-electron chi connectivity index (χ4n) is 6.57. The molecule has 0 saturated heterocycles. The second-order valence-electron chi connectivity index (χ2n) is 15.6. The Morgan fingerprint density at radius 2 is 1.66 bits per heavy atom. The third kappa shape index (κ3) is 13.1. The van der Waals surface area contributed by atoms with Gasteiger partial charge < -0.3 is 40.4 Å². The minimum atomic E-state index is -1.54. The van der Waals surface area contributed by atoms with Crippen molar-refractivity contribution >= 4 is 54.5 Å². The first kappa shape index (κ1) is 46.5. The maximum Gasteiger partial charge on any atom is 0.408 e. The predicted molar refractivity (Wildman–Crippen MR) is 228 cm³/mol. The average Bonchev–Trinajstić information content (AvgIpc) is 3.59. The van der Waals surface area contributed by atoms with Crippen LogP contribution in [-0.2, 0) is 37.1 Å². The van der Waals surface area contributed by atoms with Crippen molar-refractivity contribution in [1.29, 1.82) is 0 Å². The lowest BCUT2D eigenvalue weighted by atomic mass is 9.82. The van der Waals surface area contributed by atoms with Crippen molar-refractivity contribution in [2.24, 2.45) is 11.3 Å². The number of carbonyl (C=O) groups excluding carboxylic acids is 4. The molecule has 4 atom stereocenters. The van der Waals surface area contributed by atoms with E-state index in [1.54, 1.807) is 50.4 Å². The first-order valence-corrected chi connectivity index (χ1v) is 21.6. The molecule has 0 spiro atoms. The Bertz CT molecular complexity index is 2080. The van der Waals surface area contributed by atoms with E-state index < -0.39 is 83.5 Å². The number of aromatic nitrogens is 1. The van der Waals surface area contributed by atoms with E-state index in [2.05, 4.69) is 24.0 Å². The number of allylic oxidation sites excluding steroid dienone is 3. The molecule has 3 aromatic rings. The highest BCUT2D eigenvalue weighted by molar-refractivity contribution is 14.2. The third-order valence-corrected chi connectivity index (χ3v) is 11.1. The highest BCUT2D eigenvalue weighted by Crippen LogP contribution is 2.41. The highest BCUT2D eigenvalue weighted by atomic mass is 127. The molecular formula is C43H52F2IN5O8. The van der Waals surface area contributed by atoms with Gasteiger partial charge >= 0.3 is 12.1 Å². The number of carboxylic acids is 1. The molecule has 16 heteroatoms. The van der Waals surface area contributed by atoms with Gasteiger partial charge in [-0.05, 0) is 68.2 Å². The van der Waals surface area contributed by atoms with Gasteiger partial charge in [-0.2, -0.15) is 0 Å². The van der Waals surface area contributed by atoms with Crippen molar-refractivity contribution < 1.29 is 47.7 Å². The van der Waals surface area contributed by atoms with E-state index in [9.17, 15) is 38.6 Å². The number of nitrogens with one attached hydrogen (secondary N) is 3. The molecule has 1 aliphatic rings. The number of rotatable bonds is 18. The molecule has 2 aromatic carbocycles. The van der Waals surface area contributed by atoms with Gasteiger partial charge in [-0.25, -0.2) is 18.4 Å². The number of aliphatic carboxylic acids is 1. The van der Waals surface area contributed by atoms with Gasteiger partial charge in [0.2, 0.25) is 17.7 Å². The van der Waals surface area contributed by atoms with Crippen molar-refractivity contribution in [3.63, 3.8) is 0 Å². The normalized spacial score (nSPS) is 14.6. The van der Waals surface area contributed by atoms with Crippen LogP contribution in [0.2, 0.25) is 0 Å². The number of ether oxygens (including phenoxy) is 1. The Morgan fingerprint density at radius 3 is 2.27 bits per heavy atom. The zero-order chi connectivity index (χ0) is 43.4. The number of nitrogens with zero attached hydrogens (tertiary/aromatic N) is 2. The fraction of sp³-hybridized carbons (Fsp3) is 0.395. The molecule has 0 radical (unpaired) electrons. The number of amides is 4. The van der Waals surface area contributed by atoms with Crippen LogP contribution in [0.1, 0.15) is 65.3 Å². The zero-order valence-electron chi connectivity index (χ0n) is 33.9. The molecule has 0 fully saturated rings. The smallest absolute Gasteiger partial charge is 0.408 e. The number of alkyl carbamates (subject to hydrolysis) is 1. The van der Waals surface area contributed by atoms with Crippen LogP contribution in [0.15, 0.2) is 82.6 Å². The number of aliphatic hydroxyl groups excluding tert-OH is 1. The third-order valence-electron chi connectivity index (χ3n) is 9.55. The highest BCUT2D eigenvalue weighted by Gasteiger charge is 2.38. The minimum absolute atomic E-state index is 0.0108. The lowest BCUT2D eigenvalue weighted by molar-refractivity contribution is -0.144. The summed E-state index contributed by atoms with van der Waals surface area (Å²) in [7, 11) is 0. The maximum absolute atomic E-state index is 15.1. The van der Waals surface area contributed by atoms with Gasteiger partial charge in [0.05, 0.1) is 6.04 Å². The number of hydrogen-bond donors (Lipinski definition) is 5. The SMILES string of the molecule is CC(C)[C@H](NC(=O)OCc1ccccc1)C(=O)N[C@@H](C)C(=O)N[C@@H](CCN(C(=O)CO)[C@@H](c1cc(-c2cc(F)ccc2F)cn1CC1=CC=IC=C1)C(C)(C)C)C(=O)O. The molecule has 0 aliphatic carbocycles.